The molecule has 0 unspecified atom stereocenters. The average molecular weight is 397 g/mol. The molecule has 132 valence electrons. The van der Waals surface area contributed by atoms with Gasteiger partial charge in [-0.05, 0) is 52.9 Å². The number of unbranched alkanes of at least 4 members (excludes halogenated alkanes) is 2. The minimum atomic E-state index is -0.333. The summed E-state index contributed by atoms with van der Waals surface area (Å²) < 4.78 is 11.5. The molecule has 1 aromatic carbocycles. The van der Waals surface area contributed by atoms with Crippen LogP contribution in [0.4, 0.5) is 0 Å². The smallest absolute Gasteiger partial charge is 0.311 e. The van der Waals surface area contributed by atoms with Crippen LogP contribution < -0.4 is 9.47 Å². The molecule has 0 atom stereocenters. The van der Waals surface area contributed by atoms with Gasteiger partial charge in [-0.1, -0.05) is 32.8 Å². The first-order valence-electron chi connectivity index (χ1n) is 8.36. The summed E-state index contributed by atoms with van der Waals surface area (Å²) in [7, 11) is 0. The van der Waals surface area contributed by atoms with Gasteiger partial charge in [0, 0.05) is 12.8 Å². The van der Waals surface area contributed by atoms with E-state index in [0.29, 0.717) is 23.7 Å². The molecule has 0 bridgehead atoms. The van der Waals surface area contributed by atoms with Crippen molar-refractivity contribution < 1.29 is 19.1 Å². The van der Waals surface area contributed by atoms with E-state index in [1.165, 1.54) is 0 Å². The molecule has 0 saturated heterocycles. The Hall–Kier alpha value is -1.62. The molecule has 0 fully saturated rings. The monoisotopic (exact) mass is 396 g/mol. The second kappa shape index (κ2) is 11.0. The highest BCUT2D eigenvalue weighted by Crippen LogP contribution is 2.37. The fourth-order valence-corrected chi connectivity index (χ4v) is 2.63. The van der Waals surface area contributed by atoms with Crippen LogP contribution in [0.3, 0.4) is 0 Å². The summed E-state index contributed by atoms with van der Waals surface area (Å²) >= 11 is 3.40. The molecule has 0 saturated carbocycles. The molecule has 0 heterocycles. The van der Waals surface area contributed by atoms with Gasteiger partial charge in [0.05, 0.1) is 4.47 Å². The first-order chi connectivity index (χ1) is 11.5. The number of ether oxygens (including phenoxy) is 2. The minimum Gasteiger partial charge on any atom is -0.422 e. The number of hydrogen-bond acceptors (Lipinski definition) is 4. The van der Waals surface area contributed by atoms with E-state index in [2.05, 4.69) is 22.5 Å². The van der Waals surface area contributed by atoms with Crippen molar-refractivity contribution in [2.24, 2.45) is 0 Å². The zero-order valence-corrected chi connectivity index (χ0v) is 16.0. The van der Waals surface area contributed by atoms with Gasteiger partial charge in [0.25, 0.3) is 0 Å². The summed E-state index contributed by atoms with van der Waals surface area (Å²) in [4.78, 5) is 23.9. The van der Waals surface area contributed by atoms with Gasteiger partial charge in [-0.15, -0.1) is 6.58 Å². The first kappa shape index (κ1) is 20.4. The summed E-state index contributed by atoms with van der Waals surface area (Å²) in [6.45, 7) is 7.73. The number of esters is 2. The van der Waals surface area contributed by atoms with Gasteiger partial charge in [0.15, 0.2) is 11.5 Å². The highest BCUT2D eigenvalue weighted by atomic mass is 79.9. The fraction of sp³-hybridized carbons (Fsp3) is 0.474. The Bertz CT molecular complexity index is 581. The maximum Gasteiger partial charge on any atom is 0.311 e. The number of carbonyl (C=O) groups excluding carboxylic acids is 2. The standard InChI is InChI=1S/C19H25BrO4/c1-4-7-10-17(21)23-16-13-14(9-6-3)12-15(20)19(16)24-18(22)11-8-5-2/h6,12-13H,3-5,7-11H2,1-2H3. The van der Waals surface area contributed by atoms with Crippen molar-refractivity contribution in [3.63, 3.8) is 0 Å². The van der Waals surface area contributed by atoms with E-state index < -0.39 is 0 Å². The molecule has 0 aliphatic heterocycles. The van der Waals surface area contributed by atoms with Crippen molar-refractivity contribution in [3.05, 3.63) is 34.8 Å². The zero-order chi connectivity index (χ0) is 17.9. The van der Waals surface area contributed by atoms with Crippen molar-refractivity contribution in [2.45, 2.75) is 58.8 Å². The number of hydrogen-bond donors (Lipinski definition) is 0. The Labute approximate surface area is 152 Å². The van der Waals surface area contributed by atoms with E-state index in [4.69, 9.17) is 9.47 Å². The Balaban J connectivity index is 3.02. The zero-order valence-electron chi connectivity index (χ0n) is 14.4. The number of allylic oxidation sites excluding steroid dienone is 1. The van der Waals surface area contributed by atoms with Crippen molar-refractivity contribution in [2.75, 3.05) is 0 Å². The molecule has 5 heteroatoms. The molecule has 0 N–H and O–H groups in total. The summed E-state index contributed by atoms with van der Waals surface area (Å²) in [5.74, 6) is -0.133. The maximum absolute atomic E-state index is 12.0. The number of rotatable bonds is 10. The molecule has 0 aromatic heterocycles. The Morgan fingerprint density at radius 2 is 1.67 bits per heavy atom. The lowest BCUT2D eigenvalue weighted by Crippen LogP contribution is -2.12. The van der Waals surface area contributed by atoms with Crippen LogP contribution in [0.15, 0.2) is 29.3 Å². The van der Waals surface area contributed by atoms with E-state index in [0.717, 1.165) is 31.2 Å². The Morgan fingerprint density at radius 1 is 1.08 bits per heavy atom. The van der Waals surface area contributed by atoms with E-state index in [1.54, 1.807) is 12.1 Å². The average Bonchev–Trinajstić information content (AvgIpc) is 2.54. The third-order valence-corrected chi connectivity index (χ3v) is 3.95. The fourth-order valence-electron chi connectivity index (χ4n) is 2.06. The lowest BCUT2D eigenvalue weighted by molar-refractivity contribution is -0.137. The summed E-state index contributed by atoms with van der Waals surface area (Å²) in [6, 6.07) is 3.56. The molecular formula is C19H25BrO4. The largest absolute Gasteiger partial charge is 0.422 e. The van der Waals surface area contributed by atoms with Gasteiger partial charge < -0.3 is 9.47 Å². The molecule has 24 heavy (non-hydrogen) atoms. The molecule has 0 amide bonds. The van der Waals surface area contributed by atoms with E-state index >= 15 is 0 Å². The van der Waals surface area contributed by atoms with Gasteiger partial charge >= 0.3 is 11.9 Å². The molecule has 1 rings (SSSR count). The predicted molar refractivity (Wildman–Crippen MR) is 98.4 cm³/mol. The highest BCUT2D eigenvalue weighted by molar-refractivity contribution is 9.10. The number of carbonyl (C=O) groups is 2. The third-order valence-electron chi connectivity index (χ3n) is 3.36. The van der Waals surface area contributed by atoms with Crippen LogP contribution >= 0.6 is 15.9 Å². The van der Waals surface area contributed by atoms with Crippen LogP contribution in [0.2, 0.25) is 0 Å². The van der Waals surface area contributed by atoms with Gasteiger partial charge in [-0.3, -0.25) is 9.59 Å². The van der Waals surface area contributed by atoms with Crippen LogP contribution in [0.1, 0.15) is 57.9 Å². The van der Waals surface area contributed by atoms with Crippen LogP contribution in [-0.2, 0) is 16.0 Å². The van der Waals surface area contributed by atoms with Gasteiger partial charge in [-0.2, -0.15) is 0 Å². The normalized spacial score (nSPS) is 10.3. The van der Waals surface area contributed by atoms with Crippen LogP contribution in [0, 0.1) is 0 Å². The van der Waals surface area contributed by atoms with Gasteiger partial charge in [-0.25, -0.2) is 0 Å². The van der Waals surface area contributed by atoms with Gasteiger partial charge in [0.2, 0.25) is 0 Å². The topological polar surface area (TPSA) is 52.6 Å². The molecule has 4 nitrogen and oxygen atoms in total. The Morgan fingerprint density at radius 3 is 2.21 bits per heavy atom. The minimum absolute atomic E-state index is 0.258. The number of benzene rings is 1. The van der Waals surface area contributed by atoms with E-state index in [9.17, 15) is 9.59 Å². The van der Waals surface area contributed by atoms with Crippen molar-refractivity contribution in [1.29, 1.82) is 0 Å². The van der Waals surface area contributed by atoms with Crippen LogP contribution in [0.5, 0.6) is 11.5 Å². The molecule has 0 radical (unpaired) electrons. The highest BCUT2D eigenvalue weighted by Gasteiger charge is 2.18. The van der Waals surface area contributed by atoms with Crippen LogP contribution in [0.25, 0.3) is 0 Å². The third kappa shape index (κ3) is 6.87. The molecule has 0 aliphatic carbocycles. The summed E-state index contributed by atoms with van der Waals surface area (Å²) in [5, 5.41) is 0. The predicted octanol–water partition coefficient (Wildman–Crippen LogP) is 5.37. The van der Waals surface area contributed by atoms with E-state index in [-0.39, 0.29) is 23.4 Å². The lowest BCUT2D eigenvalue weighted by atomic mass is 10.1. The second-order valence-electron chi connectivity index (χ2n) is 5.55. The molecule has 1 aromatic rings. The SMILES string of the molecule is C=CCc1cc(Br)c(OC(=O)CCCC)c(OC(=O)CCCC)c1. The van der Waals surface area contributed by atoms with Gasteiger partial charge in [0.1, 0.15) is 0 Å². The van der Waals surface area contributed by atoms with Crippen molar-refractivity contribution in [1.82, 2.24) is 0 Å². The molecule has 0 spiro atoms. The van der Waals surface area contributed by atoms with E-state index in [1.807, 2.05) is 19.9 Å². The van der Waals surface area contributed by atoms with Crippen LogP contribution in [-0.4, -0.2) is 11.9 Å². The van der Waals surface area contributed by atoms with Crippen molar-refractivity contribution in [3.8, 4) is 11.5 Å². The quantitative estimate of drug-likeness (QED) is 0.303. The molecular weight excluding hydrogens is 372 g/mol. The molecule has 0 aliphatic rings. The summed E-state index contributed by atoms with van der Waals surface area (Å²) in [6.07, 6.45) is 6.40. The summed E-state index contributed by atoms with van der Waals surface area (Å²) in [5.41, 5.74) is 0.920. The maximum atomic E-state index is 12.0. The Kier molecular flexibility index (Phi) is 9.38. The number of halogens is 1. The second-order valence-corrected chi connectivity index (χ2v) is 6.41. The lowest BCUT2D eigenvalue weighted by Gasteiger charge is -2.14. The first-order valence-corrected chi connectivity index (χ1v) is 9.15. The van der Waals surface area contributed by atoms with Crippen molar-refractivity contribution >= 4 is 27.9 Å².